The Labute approximate surface area is 96.3 Å². The first-order chi connectivity index (χ1) is 6.65. The molecule has 0 radical (unpaired) electrons. The molecule has 1 unspecified atom stereocenters. The lowest BCUT2D eigenvalue weighted by Gasteiger charge is -2.08. The Bertz CT molecular complexity index is 310. The first kappa shape index (κ1) is 11.5. The molecule has 0 fully saturated rings. The van der Waals surface area contributed by atoms with E-state index in [2.05, 4.69) is 15.9 Å². The van der Waals surface area contributed by atoms with E-state index in [9.17, 15) is 4.79 Å². The Morgan fingerprint density at radius 3 is 2.57 bits per heavy atom. The summed E-state index contributed by atoms with van der Waals surface area (Å²) in [5.41, 5.74) is 0.841. The quantitative estimate of drug-likeness (QED) is 0.626. The maximum absolute atomic E-state index is 11.3. The monoisotopic (exact) mass is 276 g/mol. The summed E-state index contributed by atoms with van der Waals surface area (Å²) in [5, 5.41) is 0.650. The van der Waals surface area contributed by atoms with Gasteiger partial charge in [0.05, 0.1) is 6.61 Å². The average molecular weight is 278 g/mol. The molecule has 0 saturated carbocycles. The van der Waals surface area contributed by atoms with Crippen LogP contribution in [0.4, 0.5) is 0 Å². The van der Waals surface area contributed by atoms with Crippen LogP contribution in [-0.4, -0.2) is 12.6 Å². The molecule has 2 nitrogen and oxygen atoms in total. The second-order valence-corrected chi connectivity index (χ2v) is 4.02. The van der Waals surface area contributed by atoms with Gasteiger partial charge in [0, 0.05) is 5.02 Å². The summed E-state index contributed by atoms with van der Waals surface area (Å²) in [5.74, 6) is -0.283. The van der Waals surface area contributed by atoms with Crippen LogP contribution in [0.5, 0.6) is 0 Å². The van der Waals surface area contributed by atoms with Crippen molar-refractivity contribution < 1.29 is 9.53 Å². The predicted octanol–water partition coefficient (Wildman–Crippen LogP) is 3.34. The molecule has 0 amide bonds. The van der Waals surface area contributed by atoms with Crippen molar-refractivity contribution >= 4 is 33.5 Å². The van der Waals surface area contributed by atoms with Gasteiger partial charge in [0.1, 0.15) is 4.83 Å². The number of benzene rings is 1. The molecule has 14 heavy (non-hydrogen) atoms. The number of esters is 1. The molecule has 4 heteroatoms. The zero-order chi connectivity index (χ0) is 10.6. The minimum atomic E-state index is -0.417. The highest BCUT2D eigenvalue weighted by Crippen LogP contribution is 2.25. The van der Waals surface area contributed by atoms with Crippen LogP contribution in [0, 0.1) is 0 Å². The normalized spacial score (nSPS) is 12.2. The van der Waals surface area contributed by atoms with Crippen LogP contribution in [0.15, 0.2) is 24.3 Å². The van der Waals surface area contributed by atoms with E-state index in [0.717, 1.165) is 5.56 Å². The van der Waals surface area contributed by atoms with Crippen LogP contribution in [0.25, 0.3) is 0 Å². The van der Waals surface area contributed by atoms with Crippen molar-refractivity contribution in [1.29, 1.82) is 0 Å². The first-order valence-electron chi connectivity index (χ1n) is 4.21. The molecule has 0 aromatic heterocycles. The van der Waals surface area contributed by atoms with Gasteiger partial charge in [-0.3, -0.25) is 4.79 Å². The highest BCUT2D eigenvalue weighted by molar-refractivity contribution is 9.09. The summed E-state index contributed by atoms with van der Waals surface area (Å²) in [6, 6.07) is 7.06. The molecule has 0 aliphatic heterocycles. The lowest BCUT2D eigenvalue weighted by Crippen LogP contribution is -2.10. The van der Waals surface area contributed by atoms with Gasteiger partial charge in [-0.05, 0) is 24.6 Å². The van der Waals surface area contributed by atoms with Crippen molar-refractivity contribution in [2.24, 2.45) is 0 Å². The zero-order valence-electron chi connectivity index (χ0n) is 7.67. The van der Waals surface area contributed by atoms with Gasteiger partial charge in [-0.1, -0.05) is 39.7 Å². The highest BCUT2D eigenvalue weighted by atomic mass is 79.9. The van der Waals surface area contributed by atoms with Crippen LogP contribution in [0.2, 0.25) is 5.02 Å². The van der Waals surface area contributed by atoms with Gasteiger partial charge in [-0.25, -0.2) is 0 Å². The van der Waals surface area contributed by atoms with Gasteiger partial charge in [0.15, 0.2) is 0 Å². The van der Waals surface area contributed by atoms with Crippen molar-refractivity contribution in [1.82, 2.24) is 0 Å². The second-order valence-electron chi connectivity index (χ2n) is 2.67. The largest absolute Gasteiger partial charge is 0.465 e. The molecule has 0 bridgehead atoms. The van der Waals surface area contributed by atoms with E-state index < -0.39 is 4.83 Å². The van der Waals surface area contributed by atoms with E-state index in [-0.39, 0.29) is 5.97 Å². The average Bonchev–Trinajstić information content (AvgIpc) is 2.18. The molecule has 1 aromatic rings. The van der Waals surface area contributed by atoms with E-state index in [0.29, 0.717) is 11.6 Å². The lowest BCUT2D eigenvalue weighted by molar-refractivity contribution is -0.142. The second kappa shape index (κ2) is 5.37. The summed E-state index contributed by atoms with van der Waals surface area (Å²) < 4.78 is 4.87. The number of ether oxygens (including phenoxy) is 1. The molecule has 0 aliphatic rings. The molecular weight excluding hydrogens is 267 g/mol. The van der Waals surface area contributed by atoms with Gasteiger partial charge in [0.2, 0.25) is 0 Å². The maximum Gasteiger partial charge on any atom is 0.324 e. The number of hydrogen-bond donors (Lipinski definition) is 0. The third-order valence-electron chi connectivity index (χ3n) is 1.66. The van der Waals surface area contributed by atoms with Crippen LogP contribution in [0.1, 0.15) is 17.3 Å². The Morgan fingerprint density at radius 2 is 2.07 bits per heavy atom. The fraction of sp³-hybridized carbons (Fsp3) is 0.300. The molecular formula is C10H10BrClO2. The van der Waals surface area contributed by atoms with Crippen molar-refractivity contribution in [3.8, 4) is 0 Å². The van der Waals surface area contributed by atoms with Crippen molar-refractivity contribution in [2.75, 3.05) is 6.61 Å². The zero-order valence-corrected chi connectivity index (χ0v) is 10.0. The summed E-state index contributed by atoms with van der Waals surface area (Å²) in [6.45, 7) is 2.16. The van der Waals surface area contributed by atoms with Gasteiger partial charge >= 0.3 is 5.97 Å². The highest BCUT2D eigenvalue weighted by Gasteiger charge is 2.17. The lowest BCUT2D eigenvalue weighted by atomic mass is 10.1. The minimum Gasteiger partial charge on any atom is -0.465 e. The van der Waals surface area contributed by atoms with Crippen LogP contribution >= 0.6 is 27.5 Å². The first-order valence-corrected chi connectivity index (χ1v) is 5.50. The summed E-state index contributed by atoms with van der Waals surface area (Å²) in [4.78, 5) is 10.9. The molecule has 0 aliphatic carbocycles. The van der Waals surface area contributed by atoms with Gasteiger partial charge in [-0.15, -0.1) is 0 Å². The van der Waals surface area contributed by atoms with E-state index >= 15 is 0 Å². The third-order valence-corrected chi connectivity index (χ3v) is 2.81. The van der Waals surface area contributed by atoms with E-state index in [1.54, 1.807) is 31.2 Å². The number of hydrogen-bond acceptors (Lipinski definition) is 2. The van der Waals surface area contributed by atoms with Gasteiger partial charge in [0.25, 0.3) is 0 Å². The van der Waals surface area contributed by atoms with Crippen molar-refractivity contribution in [3.63, 3.8) is 0 Å². The number of carbonyl (C=O) groups is 1. The Kier molecular flexibility index (Phi) is 4.42. The molecule has 0 heterocycles. The molecule has 76 valence electrons. The van der Waals surface area contributed by atoms with Gasteiger partial charge in [-0.2, -0.15) is 0 Å². The molecule has 0 saturated heterocycles. The SMILES string of the molecule is CCOC(=O)C(Br)c1ccc(Cl)cc1. The van der Waals surface area contributed by atoms with E-state index in [4.69, 9.17) is 16.3 Å². The standard InChI is InChI=1S/C10H10BrClO2/c1-2-14-10(13)9(11)7-3-5-8(12)6-4-7/h3-6,9H,2H2,1H3. The van der Waals surface area contributed by atoms with Crippen molar-refractivity contribution in [2.45, 2.75) is 11.8 Å². The van der Waals surface area contributed by atoms with Crippen LogP contribution < -0.4 is 0 Å². The number of halogens is 2. The summed E-state index contributed by atoms with van der Waals surface area (Å²) >= 11 is 8.98. The Hall–Kier alpha value is -0.540. The molecule has 1 rings (SSSR count). The molecule has 0 N–H and O–H groups in total. The topological polar surface area (TPSA) is 26.3 Å². The number of alkyl halides is 1. The van der Waals surface area contributed by atoms with Crippen LogP contribution in [-0.2, 0) is 9.53 Å². The van der Waals surface area contributed by atoms with E-state index in [1.165, 1.54) is 0 Å². The number of rotatable bonds is 3. The van der Waals surface area contributed by atoms with E-state index in [1.807, 2.05) is 0 Å². The minimum absolute atomic E-state index is 0.283. The molecule has 0 spiro atoms. The fourth-order valence-corrected chi connectivity index (χ4v) is 1.55. The van der Waals surface area contributed by atoms with Crippen molar-refractivity contribution in [3.05, 3.63) is 34.9 Å². The van der Waals surface area contributed by atoms with Gasteiger partial charge < -0.3 is 4.74 Å². The summed E-state index contributed by atoms with van der Waals surface area (Å²) in [6.07, 6.45) is 0. The molecule has 1 atom stereocenters. The maximum atomic E-state index is 11.3. The Morgan fingerprint density at radius 1 is 1.50 bits per heavy atom. The molecule has 1 aromatic carbocycles. The third kappa shape index (κ3) is 3.00. The van der Waals surface area contributed by atoms with Crippen LogP contribution in [0.3, 0.4) is 0 Å². The number of carbonyl (C=O) groups excluding carboxylic acids is 1. The summed E-state index contributed by atoms with van der Waals surface area (Å²) in [7, 11) is 0. The fourth-order valence-electron chi connectivity index (χ4n) is 0.983. The Balaban J connectivity index is 2.73. The predicted molar refractivity (Wildman–Crippen MR) is 59.8 cm³/mol. The smallest absolute Gasteiger partial charge is 0.324 e.